The van der Waals surface area contributed by atoms with Crippen molar-refractivity contribution in [3.8, 4) is 11.5 Å². The first-order valence-electron chi connectivity index (χ1n) is 9.17. The first-order chi connectivity index (χ1) is 13.7. The summed E-state index contributed by atoms with van der Waals surface area (Å²) in [6, 6.07) is 9.44. The third-order valence-electron chi connectivity index (χ3n) is 4.81. The Labute approximate surface area is 162 Å². The second-order valence-electron chi connectivity index (χ2n) is 6.56. The lowest BCUT2D eigenvalue weighted by molar-refractivity contribution is 0.0766. The van der Waals surface area contributed by atoms with Crippen LogP contribution in [0.15, 0.2) is 40.9 Å². The van der Waals surface area contributed by atoms with E-state index in [2.05, 4.69) is 14.9 Å². The Balaban J connectivity index is 1.50. The molecular formula is C20H22N4O4. The highest BCUT2D eigenvalue weighted by atomic mass is 16.5. The average molecular weight is 382 g/mol. The quantitative estimate of drug-likeness (QED) is 0.686. The molecule has 2 aromatic heterocycles. The molecule has 0 saturated carbocycles. The summed E-state index contributed by atoms with van der Waals surface area (Å²) >= 11 is 0. The van der Waals surface area contributed by atoms with Crippen molar-refractivity contribution in [2.45, 2.75) is 6.42 Å². The van der Waals surface area contributed by atoms with E-state index in [-0.39, 0.29) is 5.91 Å². The number of nitrogens with zero attached hydrogens (tertiary/aromatic N) is 4. The topological polar surface area (TPSA) is 80.9 Å². The predicted molar refractivity (Wildman–Crippen MR) is 104 cm³/mol. The van der Waals surface area contributed by atoms with Crippen LogP contribution in [-0.2, 0) is 0 Å². The van der Waals surface area contributed by atoms with Gasteiger partial charge in [0, 0.05) is 44.0 Å². The van der Waals surface area contributed by atoms with Crippen molar-refractivity contribution in [1.82, 2.24) is 14.9 Å². The highest BCUT2D eigenvalue weighted by Gasteiger charge is 2.23. The number of hydrogen-bond acceptors (Lipinski definition) is 7. The van der Waals surface area contributed by atoms with Gasteiger partial charge < -0.3 is 23.7 Å². The third-order valence-corrected chi connectivity index (χ3v) is 4.81. The van der Waals surface area contributed by atoms with Crippen LogP contribution in [0, 0.1) is 0 Å². The van der Waals surface area contributed by atoms with Gasteiger partial charge in [-0.1, -0.05) is 0 Å². The number of carbonyl (C=O) groups is 1. The minimum Gasteiger partial charge on any atom is -0.497 e. The zero-order valence-electron chi connectivity index (χ0n) is 15.9. The van der Waals surface area contributed by atoms with Gasteiger partial charge in [-0.05, 0) is 30.7 Å². The number of anilines is 1. The van der Waals surface area contributed by atoms with Crippen LogP contribution in [0.4, 0.5) is 6.01 Å². The van der Waals surface area contributed by atoms with Gasteiger partial charge in [0.15, 0.2) is 5.58 Å². The fourth-order valence-electron chi connectivity index (χ4n) is 3.32. The molecule has 28 heavy (non-hydrogen) atoms. The molecule has 0 N–H and O–H groups in total. The highest BCUT2D eigenvalue weighted by molar-refractivity contribution is 5.95. The van der Waals surface area contributed by atoms with Gasteiger partial charge >= 0.3 is 0 Å². The van der Waals surface area contributed by atoms with Crippen LogP contribution in [0.5, 0.6) is 11.5 Å². The molecule has 4 rings (SSSR count). The Bertz CT molecular complexity index is 932. The van der Waals surface area contributed by atoms with Crippen molar-refractivity contribution in [2.75, 3.05) is 45.3 Å². The molecule has 3 heterocycles. The summed E-state index contributed by atoms with van der Waals surface area (Å²) in [6.45, 7) is 2.63. The van der Waals surface area contributed by atoms with Crippen LogP contribution < -0.4 is 14.4 Å². The molecule has 0 atom stereocenters. The molecule has 8 nitrogen and oxygen atoms in total. The maximum Gasteiger partial charge on any atom is 0.300 e. The molecule has 8 heteroatoms. The Hall–Kier alpha value is -3.29. The van der Waals surface area contributed by atoms with E-state index in [9.17, 15) is 4.79 Å². The van der Waals surface area contributed by atoms with E-state index in [0.717, 1.165) is 13.0 Å². The van der Waals surface area contributed by atoms with Gasteiger partial charge in [-0.3, -0.25) is 4.79 Å². The second-order valence-corrected chi connectivity index (χ2v) is 6.56. The molecule has 1 aliphatic heterocycles. The smallest absolute Gasteiger partial charge is 0.300 e. The molecular weight excluding hydrogens is 360 g/mol. The van der Waals surface area contributed by atoms with Crippen molar-refractivity contribution in [2.24, 2.45) is 0 Å². The van der Waals surface area contributed by atoms with E-state index >= 15 is 0 Å². The van der Waals surface area contributed by atoms with Crippen molar-refractivity contribution < 1.29 is 18.7 Å². The second kappa shape index (κ2) is 7.75. The number of carbonyl (C=O) groups excluding carboxylic acids is 1. The van der Waals surface area contributed by atoms with Gasteiger partial charge in [-0.2, -0.15) is 4.98 Å². The van der Waals surface area contributed by atoms with Crippen LogP contribution in [0.3, 0.4) is 0 Å². The van der Waals surface area contributed by atoms with E-state index in [1.54, 1.807) is 38.6 Å². The van der Waals surface area contributed by atoms with E-state index in [0.29, 0.717) is 53.9 Å². The summed E-state index contributed by atoms with van der Waals surface area (Å²) in [7, 11) is 3.14. The minimum atomic E-state index is -0.0433. The summed E-state index contributed by atoms with van der Waals surface area (Å²) in [5, 5.41) is 0. The molecule has 1 aromatic carbocycles. The summed E-state index contributed by atoms with van der Waals surface area (Å²) in [4.78, 5) is 25.6. The van der Waals surface area contributed by atoms with Gasteiger partial charge in [0.1, 0.15) is 11.5 Å². The lowest BCUT2D eigenvalue weighted by Crippen LogP contribution is -2.35. The minimum absolute atomic E-state index is 0.0433. The molecule has 1 amide bonds. The lowest BCUT2D eigenvalue weighted by Gasteiger charge is -2.21. The molecule has 146 valence electrons. The molecule has 0 unspecified atom stereocenters. The fraction of sp³-hybridized carbons (Fsp3) is 0.350. The number of rotatable bonds is 4. The van der Waals surface area contributed by atoms with Crippen molar-refractivity contribution in [3.05, 3.63) is 42.1 Å². The maximum atomic E-state index is 13.0. The average Bonchev–Trinajstić information content (AvgIpc) is 3.02. The molecule has 1 fully saturated rings. The maximum absolute atomic E-state index is 13.0. The Morgan fingerprint density at radius 2 is 1.86 bits per heavy atom. The largest absolute Gasteiger partial charge is 0.497 e. The van der Waals surface area contributed by atoms with Crippen molar-refractivity contribution >= 4 is 23.2 Å². The number of methoxy groups -OCH3 is 2. The number of fused-ring (bicyclic) bond motifs is 1. The summed E-state index contributed by atoms with van der Waals surface area (Å²) in [5.74, 6) is 1.15. The van der Waals surface area contributed by atoms with Crippen LogP contribution in [-0.4, -0.2) is 61.2 Å². The van der Waals surface area contributed by atoms with Gasteiger partial charge in [-0.15, -0.1) is 0 Å². The van der Waals surface area contributed by atoms with Crippen LogP contribution >= 0.6 is 0 Å². The summed E-state index contributed by atoms with van der Waals surface area (Å²) < 4.78 is 16.4. The number of ether oxygens (including phenoxy) is 2. The Morgan fingerprint density at radius 1 is 1.07 bits per heavy atom. The van der Waals surface area contributed by atoms with Crippen molar-refractivity contribution in [3.63, 3.8) is 0 Å². The number of pyridine rings is 1. The van der Waals surface area contributed by atoms with E-state index in [4.69, 9.17) is 13.9 Å². The SMILES string of the molecule is COc1cc(OC)cc(C(=O)N2CCCN(c3nc4ncccc4o3)CC2)c1. The number of aromatic nitrogens is 2. The highest BCUT2D eigenvalue weighted by Crippen LogP contribution is 2.25. The van der Waals surface area contributed by atoms with Crippen LogP contribution in [0.25, 0.3) is 11.2 Å². The number of benzene rings is 1. The molecule has 0 bridgehead atoms. The third kappa shape index (κ3) is 3.58. The number of hydrogen-bond donors (Lipinski definition) is 0. The molecule has 1 saturated heterocycles. The molecule has 1 aliphatic rings. The van der Waals surface area contributed by atoms with Gasteiger partial charge in [0.2, 0.25) is 5.65 Å². The van der Waals surface area contributed by atoms with Gasteiger partial charge in [0.25, 0.3) is 11.9 Å². The lowest BCUT2D eigenvalue weighted by atomic mass is 10.1. The van der Waals surface area contributed by atoms with Crippen LogP contribution in [0.1, 0.15) is 16.8 Å². The zero-order chi connectivity index (χ0) is 19.5. The fourth-order valence-corrected chi connectivity index (χ4v) is 3.32. The molecule has 3 aromatic rings. The first-order valence-corrected chi connectivity index (χ1v) is 9.17. The number of amides is 1. The zero-order valence-corrected chi connectivity index (χ0v) is 15.9. The molecule has 0 radical (unpaired) electrons. The van der Waals surface area contributed by atoms with Gasteiger partial charge in [0.05, 0.1) is 14.2 Å². The van der Waals surface area contributed by atoms with E-state index in [1.165, 1.54) is 0 Å². The Morgan fingerprint density at radius 3 is 2.57 bits per heavy atom. The standard InChI is InChI=1S/C20H22N4O4/c1-26-15-11-14(12-16(13-15)27-2)19(25)23-7-4-8-24(10-9-23)20-22-18-17(28-20)5-3-6-21-18/h3,5-6,11-13H,4,7-10H2,1-2H3. The normalized spacial score (nSPS) is 14.8. The first kappa shape index (κ1) is 18.1. The van der Waals surface area contributed by atoms with E-state index < -0.39 is 0 Å². The number of oxazole rings is 1. The monoisotopic (exact) mass is 382 g/mol. The predicted octanol–water partition coefficient (Wildman–Crippen LogP) is 2.59. The van der Waals surface area contributed by atoms with E-state index in [1.807, 2.05) is 17.0 Å². The Kier molecular flexibility index (Phi) is 5.01. The summed E-state index contributed by atoms with van der Waals surface area (Å²) in [6.07, 6.45) is 2.51. The molecule has 0 spiro atoms. The van der Waals surface area contributed by atoms with Gasteiger partial charge in [-0.25, -0.2) is 4.98 Å². The summed E-state index contributed by atoms with van der Waals surface area (Å²) in [5.41, 5.74) is 1.81. The van der Waals surface area contributed by atoms with Crippen molar-refractivity contribution in [1.29, 1.82) is 0 Å². The molecule has 0 aliphatic carbocycles. The van der Waals surface area contributed by atoms with Crippen LogP contribution in [0.2, 0.25) is 0 Å².